The predicted octanol–water partition coefficient (Wildman–Crippen LogP) is 5.39. The zero-order chi connectivity index (χ0) is 28.1. The Morgan fingerprint density at radius 1 is 1.03 bits per heavy atom. The van der Waals surface area contributed by atoms with E-state index in [4.69, 9.17) is 42.5 Å². The number of oxazole rings is 2. The van der Waals surface area contributed by atoms with E-state index in [1.165, 1.54) is 0 Å². The van der Waals surface area contributed by atoms with E-state index in [-0.39, 0.29) is 40.8 Å². The molecule has 0 unspecified atom stereocenters. The Hall–Kier alpha value is -4.48. The molecule has 0 saturated carbocycles. The number of benzene rings is 2. The number of esters is 1. The van der Waals surface area contributed by atoms with E-state index in [9.17, 15) is 9.59 Å². The molecule has 3 heterocycles. The van der Waals surface area contributed by atoms with Crippen LogP contribution < -0.4 is 11.3 Å². The molecule has 0 fully saturated rings. The van der Waals surface area contributed by atoms with Crippen LogP contribution in [-0.4, -0.2) is 38.3 Å². The van der Waals surface area contributed by atoms with Crippen molar-refractivity contribution in [1.82, 2.24) is 19.9 Å². The molecule has 3 N–H and O–H groups in total. The molecule has 200 valence electrons. The van der Waals surface area contributed by atoms with Crippen LogP contribution in [0.3, 0.4) is 0 Å². The van der Waals surface area contributed by atoms with Crippen LogP contribution in [0.1, 0.15) is 34.8 Å². The molecule has 0 aliphatic carbocycles. The lowest BCUT2D eigenvalue weighted by Crippen LogP contribution is -2.13. The standard InChI is InChI=1S/C14H14ClN3O3.C12H8ClN3O2/c1-3-20-14(19)11-13(21-8(2)17-11)18-12(16)9-5-4-6-10(15)7-9;1-6-14-9-11(17)15-10(16-12(9)18-6)7-3-2-4-8(13)5-7/h4-7H,3H2,1-2H3,(H2,16,18);2-5H,1H3,(H,15,16,17). The number of nitrogens with zero attached hydrogens (tertiary/aromatic N) is 4. The number of nitrogens with two attached hydrogens (primary N) is 1. The van der Waals surface area contributed by atoms with Gasteiger partial charge in [-0.05, 0) is 31.2 Å². The second kappa shape index (κ2) is 11.9. The monoisotopic (exact) mass is 568 g/mol. The lowest BCUT2D eigenvalue weighted by Gasteiger charge is -2.01. The largest absolute Gasteiger partial charge is 0.461 e. The maximum atomic E-state index is 11.8. The number of ether oxygens (including phenoxy) is 1. The summed E-state index contributed by atoms with van der Waals surface area (Å²) in [5.74, 6) is 0.697. The number of hydrogen-bond donors (Lipinski definition) is 2. The van der Waals surface area contributed by atoms with Gasteiger partial charge in [-0.15, -0.1) is 0 Å². The number of fused-ring (bicyclic) bond motifs is 1. The zero-order valence-corrected chi connectivity index (χ0v) is 22.5. The number of aryl methyl sites for hydroxylation is 2. The third-order valence-corrected chi connectivity index (χ3v) is 5.47. The molecule has 0 saturated heterocycles. The van der Waals surface area contributed by atoms with Gasteiger partial charge < -0.3 is 24.3 Å². The molecule has 0 atom stereocenters. The zero-order valence-electron chi connectivity index (χ0n) is 21.0. The third-order valence-electron chi connectivity index (χ3n) is 5.00. The van der Waals surface area contributed by atoms with E-state index in [1.807, 2.05) is 0 Å². The SMILES string of the molecule is CCOC(=O)c1nc(C)oc1N=C(N)c1cccc(Cl)c1.Cc1nc2c(=O)[nH]c(-c3cccc(Cl)c3)nc2o1. The van der Waals surface area contributed by atoms with E-state index >= 15 is 0 Å². The smallest absolute Gasteiger partial charge is 0.362 e. The summed E-state index contributed by atoms with van der Waals surface area (Å²) in [6.45, 7) is 5.21. The fraction of sp³-hybridized carbons (Fsp3) is 0.154. The molecule has 0 amide bonds. The Kier molecular flexibility index (Phi) is 8.43. The van der Waals surface area contributed by atoms with Gasteiger partial charge in [-0.3, -0.25) is 4.79 Å². The molecule has 39 heavy (non-hydrogen) atoms. The quantitative estimate of drug-likeness (QED) is 0.161. The highest BCUT2D eigenvalue weighted by atomic mass is 35.5. The minimum absolute atomic E-state index is 0.000622. The first-order valence-corrected chi connectivity index (χ1v) is 12.3. The number of rotatable bonds is 5. The number of aromatic amines is 1. The number of hydrogen-bond acceptors (Lipinski definition) is 9. The van der Waals surface area contributed by atoms with Gasteiger partial charge in [0.2, 0.25) is 5.69 Å². The summed E-state index contributed by atoms with van der Waals surface area (Å²) in [6, 6.07) is 13.9. The minimum atomic E-state index is -0.605. The van der Waals surface area contributed by atoms with Gasteiger partial charge in [-0.2, -0.15) is 9.98 Å². The Morgan fingerprint density at radius 2 is 1.72 bits per heavy atom. The molecule has 11 nitrogen and oxygen atoms in total. The Labute approximate surface area is 231 Å². The third kappa shape index (κ3) is 6.70. The van der Waals surface area contributed by atoms with E-state index in [0.29, 0.717) is 33.2 Å². The first-order chi connectivity index (χ1) is 18.6. The van der Waals surface area contributed by atoms with Crippen molar-refractivity contribution in [2.45, 2.75) is 20.8 Å². The highest BCUT2D eigenvalue weighted by Crippen LogP contribution is 2.23. The topological polar surface area (TPSA) is 162 Å². The fourth-order valence-corrected chi connectivity index (χ4v) is 3.74. The van der Waals surface area contributed by atoms with E-state index in [1.54, 1.807) is 69.3 Å². The molecule has 0 aliphatic rings. The average molecular weight is 569 g/mol. The second-order valence-corrected chi connectivity index (χ2v) is 8.80. The van der Waals surface area contributed by atoms with Crippen LogP contribution in [0.25, 0.3) is 22.6 Å². The number of amidine groups is 1. The number of nitrogens with one attached hydrogen (secondary N) is 1. The van der Waals surface area contributed by atoms with E-state index < -0.39 is 5.97 Å². The summed E-state index contributed by atoms with van der Waals surface area (Å²) in [5, 5.41) is 1.11. The molecule has 5 rings (SSSR count). The van der Waals surface area contributed by atoms with Gasteiger partial charge in [-0.25, -0.2) is 14.8 Å². The van der Waals surface area contributed by atoms with Crippen LogP contribution in [0.2, 0.25) is 10.0 Å². The van der Waals surface area contributed by atoms with Crippen LogP contribution in [0, 0.1) is 13.8 Å². The van der Waals surface area contributed by atoms with Crippen molar-refractivity contribution in [3.63, 3.8) is 0 Å². The van der Waals surface area contributed by atoms with Crippen LogP contribution in [0.4, 0.5) is 5.88 Å². The normalized spacial score (nSPS) is 11.3. The summed E-state index contributed by atoms with van der Waals surface area (Å²) < 4.78 is 15.5. The molecular weight excluding hydrogens is 547 g/mol. The number of aliphatic imine (C=N–C) groups is 1. The van der Waals surface area contributed by atoms with Gasteiger partial charge in [0.1, 0.15) is 11.7 Å². The Balaban J connectivity index is 0.000000183. The summed E-state index contributed by atoms with van der Waals surface area (Å²) in [5.41, 5.74) is 7.34. The molecule has 0 spiro atoms. The van der Waals surface area contributed by atoms with Crippen molar-refractivity contribution in [3.8, 4) is 11.4 Å². The molecule has 13 heteroatoms. The molecule has 5 aromatic rings. The van der Waals surface area contributed by atoms with Gasteiger partial charge in [0.25, 0.3) is 17.2 Å². The van der Waals surface area contributed by atoms with Crippen LogP contribution in [0.15, 0.2) is 67.2 Å². The highest BCUT2D eigenvalue weighted by molar-refractivity contribution is 6.31. The van der Waals surface area contributed by atoms with Gasteiger partial charge >= 0.3 is 5.97 Å². The fourth-order valence-electron chi connectivity index (χ4n) is 3.36. The van der Waals surface area contributed by atoms with Crippen molar-refractivity contribution in [2.75, 3.05) is 6.61 Å². The lowest BCUT2D eigenvalue weighted by molar-refractivity contribution is 0.0520. The summed E-state index contributed by atoms with van der Waals surface area (Å²) in [4.78, 5) is 42.5. The maximum absolute atomic E-state index is 11.8. The number of halogens is 2. The van der Waals surface area contributed by atoms with E-state index in [0.717, 1.165) is 5.56 Å². The molecule has 3 aromatic heterocycles. The number of carbonyl (C=O) groups excluding carboxylic acids is 1. The van der Waals surface area contributed by atoms with Crippen LogP contribution in [0.5, 0.6) is 0 Å². The van der Waals surface area contributed by atoms with Gasteiger partial charge in [0.15, 0.2) is 17.3 Å². The Bertz CT molecular complexity index is 1740. The second-order valence-electron chi connectivity index (χ2n) is 7.93. The Morgan fingerprint density at radius 3 is 2.41 bits per heavy atom. The van der Waals surface area contributed by atoms with Gasteiger partial charge in [0.05, 0.1) is 6.61 Å². The molecule has 2 aromatic carbocycles. The molecule has 0 bridgehead atoms. The maximum Gasteiger partial charge on any atom is 0.362 e. The highest BCUT2D eigenvalue weighted by Gasteiger charge is 2.20. The predicted molar refractivity (Wildman–Crippen MR) is 147 cm³/mol. The summed E-state index contributed by atoms with van der Waals surface area (Å²) in [6.07, 6.45) is 0. The van der Waals surface area contributed by atoms with Crippen molar-refractivity contribution < 1.29 is 18.4 Å². The number of H-pyrrole nitrogens is 1. The van der Waals surface area contributed by atoms with Crippen molar-refractivity contribution >= 4 is 52.1 Å². The average Bonchev–Trinajstić information content (AvgIpc) is 3.46. The van der Waals surface area contributed by atoms with Crippen molar-refractivity contribution in [3.05, 3.63) is 92.0 Å². The van der Waals surface area contributed by atoms with Crippen LogP contribution >= 0.6 is 23.2 Å². The van der Waals surface area contributed by atoms with Crippen molar-refractivity contribution in [1.29, 1.82) is 0 Å². The molecule has 0 radical (unpaired) electrons. The minimum Gasteiger partial charge on any atom is -0.461 e. The van der Waals surface area contributed by atoms with E-state index in [2.05, 4.69) is 24.9 Å². The summed E-state index contributed by atoms with van der Waals surface area (Å²) >= 11 is 11.8. The first kappa shape index (κ1) is 27.6. The lowest BCUT2D eigenvalue weighted by atomic mass is 10.2. The van der Waals surface area contributed by atoms with Gasteiger partial charge in [0, 0.05) is 35.0 Å². The number of aromatic nitrogens is 4. The van der Waals surface area contributed by atoms with Crippen molar-refractivity contribution in [2.24, 2.45) is 10.7 Å². The molecule has 0 aliphatic heterocycles. The molecular formula is C26H22Cl2N6O5. The number of carbonyl (C=O) groups is 1. The first-order valence-electron chi connectivity index (χ1n) is 11.5. The summed E-state index contributed by atoms with van der Waals surface area (Å²) in [7, 11) is 0. The van der Waals surface area contributed by atoms with Crippen LogP contribution in [-0.2, 0) is 4.74 Å². The van der Waals surface area contributed by atoms with Gasteiger partial charge in [-0.1, -0.05) is 47.5 Å².